The molecule has 0 fully saturated rings. The maximum Gasteiger partial charge on any atom is 0.290 e. The minimum atomic E-state index is -0.584. The van der Waals surface area contributed by atoms with Gasteiger partial charge in [0, 0.05) is 19.8 Å². The number of benzene rings is 2. The van der Waals surface area contributed by atoms with Crippen molar-refractivity contribution in [2.75, 3.05) is 33.0 Å². The summed E-state index contributed by atoms with van der Waals surface area (Å²) in [7, 11) is 0. The number of nitrogens with zero attached hydrogens (tertiary/aromatic N) is 1. The molecule has 0 N–H and O–H groups in total. The molecule has 2 heterocycles. The summed E-state index contributed by atoms with van der Waals surface area (Å²) in [5, 5.41) is 0.462. The highest BCUT2D eigenvalue weighted by Crippen LogP contribution is 2.41. The van der Waals surface area contributed by atoms with E-state index in [0.717, 1.165) is 12.0 Å². The zero-order valence-electron chi connectivity index (χ0n) is 21.5. The summed E-state index contributed by atoms with van der Waals surface area (Å²) in [5.74, 6) is 1.60. The van der Waals surface area contributed by atoms with Gasteiger partial charge in [-0.1, -0.05) is 32.0 Å². The second-order valence-corrected chi connectivity index (χ2v) is 9.29. The van der Waals surface area contributed by atoms with E-state index in [1.165, 1.54) is 0 Å². The lowest BCUT2D eigenvalue weighted by molar-refractivity contribution is 0.0695. The van der Waals surface area contributed by atoms with Crippen LogP contribution < -0.4 is 14.9 Å². The van der Waals surface area contributed by atoms with Crippen LogP contribution in [0.25, 0.3) is 11.0 Å². The molecule has 7 heteroatoms. The molecule has 0 saturated carbocycles. The molecule has 0 aliphatic carbocycles. The highest BCUT2D eigenvalue weighted by atomic mass is 16.5. The molecule has 1 amide bonds. The molecule has 36 heavy (non-hydrogen) atoms. The molecule has 1 atom stereocenters. The third kappa shape index (κ3) is 5.26. The summed E-state index contributed by atoms with van der Waals surface area (Å²) in [6, 6.07) is 12.1. The predicted octanol–water partition coefficient (Wildman–Crippen LogP) is 5.59. The van der Waals surface area contributed by atoms with Crippen molar-refractivity contribution >= 4 is 16.9 Å². The standard InChI is InChI=1S/C29H35NO6/c1-5-33-16-9-15-30-26(20-12-13-23(24(18-20)34-6-2)35-17-14-19(3)4)25-27(31)21-10-7-8-11-22(21)36-28(25)29(30)32/h7-8,10-13,18-19,26H,5-6,9,14-17H2,1-4H3. The number of rotatable bonds is 12. The zero-order valence-corrected chi connectivity index (χ0v) is 21.5. The molecule has 0 saturated heterocycles. The Morgan fingerprint density at radius 2 is 1.78 bits per heavy atom. The van der Waals surface area contributed by atoms with Gasteiger partial charge >= 0.3 is 0 Å². The van der Waals surface area contributed by atoms with Crippen LogP contribution in [-0.4, -0.2) is 43.8 Å². The lowest BCUT2D eigenvalue weighted by Gasteiger charge is -2.26. The molecule has 1 unspecified atom stereocenters. The number of amides is 1. The summed E-state index contributed by atoms with van der Waals surface area (Å²) in [6.45, 7) is 10.8. The number of fused-ring (bicyclic) bond motifs is 2. The van der Waals surface area contributed by atoms with Crippen molar-refractivity contribution in [2.24, 2.45) is 5.92 Å². The van der Waals surface area contributed by atoms with Crippen LogP contribution in [0.2, 0.25) is 0 Å². The number of para-hydroxylation sites is 1. The fourth-order valence-electron chi connectivity index (χ4n) is 4.51. The van der Waals surface area contributed by atoms with Crippen LogP contribution in [0.15, 0.2) is 51.7 Å². The Labute approximate surface area is 212 Å². The van der Waals surface area contributed by atoms with Gasteiger partial charge in [0.1, 0.15) is 5.58 Å². The minimum absolute atomic E-state index is 0.107. The lowest BCUT2D eigenvalue weighted by Crippen LogP contribution is -2.31. The van der Waals surface area contributed by atoms with E-state index in [4.69, 9.17) is 18.6 Å². The van der Waals surface area contributed by atoms with Crippen LogP contribution in [-0.2, 0) is 4.74 Å². The van der Waals surface area contributed by atoms with E-state index >= 15 is 0 Å². The highest BCUT2D eigenvalue weighted by molar-refractivity contribution is 5.99. The van der Waals surface area contributed by atoms with E-state index in [1.54, 1.807) is 29.2 Å². The summed E-state index contributed by atoms with van der Waals surface area (Å²) in [4.78, 5) is 28.9. The molecule has 1 aliphatic heterocycles. The normalized spacial score (nSPS) is 15.1. The summed E-state index contributed by atoms with van der Waals surface area (Å²) >= 11 is 0. The number of hydrogen-bond donors (Lipinski definition) is 0. The van der Waals surface area contributed by atoms with Gasteiger partial charge in [0.25, 0.3) is 5.91 Å². The van der Waals surface area contributed by atoms with Crippen molar-refractivity contribution in [1.82, 2.24) is 4.90 Å². The van der Waals surface area contributed by atoms with Gasteiger partial charge < -0.3 is 23.5 Å². The summed E-state index contributed by atoms with van der Waals surface area (Å²) < 4.78 is 23.4. The Kier molecular flexibility index (Phi) is 8.31. The van der Waals surface area contributed by atoms with Gasteiger partial charge in [0.05, 0.1) is 30.2 Å². The molecular formula is C29H35NO6. The monoisotopic (exact) mass is 493 g/mol. The average Bonchev–Trinajstić information content (AvgIpc) is 3.14. The molecule has 1 aromatic heterocycles. The van der Waals surface area contributed by atoms with E-state index in [0.29, 0.717) is 73.3 Å². The largest absolute Gasteiger partial charge is 0.490 e. The third-order valence-electron chi connectivity index (χ3n) is 6.30. The fourth-order valence-corrected chi connectivity index (χ4v) is 4.51. The van der Waals surface area contributed by atoms with Gasteiger partial charge in [-0.05, 0) is 62.4 Å². The Hall–Kier alpha value is -3.32. The molecule has 0 radical (unpaired) electrons. The first-order valence-electron chi connectivity index (χ1n) is 12.8. The first-order valence-corrected chi connectivity index (χ1v) is 12.8. The highest BCUT2D eigenvalue weighted by Gasteiger charge is 2.42. The minimum Gasteiger partial charge on any atom is -0.490 e. The smallest absolute Gasteiger partial charge is 0.290 e. The van der Waals surface area contributed by atoms with E-state index in [9.17, 15) is 9.59 Å². The Balaban J connectivity index is 1.77. The number of carbonyl (C=O) groups excluding carboxylic acids is 1. The fraction of sp³-hybridized carbons (Fsp3) is 0.448. The maximum atomic E-state index is 13.6. The van der Waals surface area contributed by atoms with Crippen LogP contribution >= 0.6 is 0 Å². The molecule has 2 aromatic carbocycles. The van der Waals surface area contributed by atoms with E-state index in [-0.39, 0.29) is 17.1 Å². The molecule has 7 nitrogen and oxygen atoms in total. The molecular weight excluding hydrogens is 458 g/mol. The van der Waals surface area contributed by atoms with Crippen LogP contribution in [0.3, 0.4) is 0 Å². The molecule has 0 bridgehead atoms. The second-order valence-electron chi connectivity index (χ2n) is 9.29. The quantitative estimate of drug-likeness (QED) is 0.306. The molecule has 3 aromatic rings. The third-order valence-corrected chi connectivity index (χ3v) is 6.30. The zero-order chi connectivity index (χ0) is 25.7. The van der Waals surface area contributed by atoms with Crippen molar-refractivity contribution in [2.45, 2.75) is 46.6 Å². The van der Waals surface area contributed by atoms with Crippen LogP contribution in [0.4, 0.5) is 0 Å². The first kappa shape index (κ1) is 25.8. The van der Waals surface area contributed by atoms with E-state index in [1.807, 2.05) is 32.0 Å². The molecule has 4 rings (SSSR count). The van der Waals surface area contributed by atoms with Crippen LogP contribution in [0, 0.1) is 5.92 Å². The molecule has 192 valence electrons. The Morgan fingerprint density at radius 1 is 0.972 bits per heavy atom. The topological polar surface area (TPSA) is 78.2 Å². The molecule has 0 spiro atoms. The SMILES string of the molecule is CCOCCCN1C(=O)c2oc3ccccc3c(=O)c2C1c1ccc(OCCC(C)C)c(OCC)c1. The Bertz CT molecular complexity index is 1260. The van der Waals surface area contributed by atoms with Gasteiger partial charge in [-0.3, -0.25) is 9.59 Å². The summed E-state index contributed by atoms with van der Waals surface area (Å²) in [5.41, 5.74) is 1.37. The molecule has 1 aliphatic rings. The van der Waals surface area contributed by atoms with Crippen molar-refractivity contribution in [3.63, 3.8) is 0 Å². The maximum absolute atomic E-state index is 13.6. The predicted molar refractivity (Wildman–Crippen MR) is 139 cm³/mol. The van der Waals surface area contributed by atoms with Gasteiger partial charge in [-0.2, -0.15) is 0 Å². The van der Waals surface area contributed by atoms with E-state index in [2.05, 4.69) is 13.8 Å². The van der Waals surface area contributed by atoms with Crippen molar-refractivity contribution in [3.05, 3.63) is 69.6 Å². The van der Waals surface area contributed by atoms with Gasteiger partial charge in [-0.25, -0.2) is 0 Å². The second kappa shape index (κ2) is 11.6. The van der Waals surface area contributed by atoms with Crippen LogP contribution in [0.1, 0.15) is 68.3 Å². The van der Waals surface area contributed by atoms with Crippen LogP contribution in [0.5, 0.6) is 11.5 Å². The van der Waals surface area contributed by atoms with Crippen molar-refractivity contribution in [1.29, 1.82) is 0 Å². The van der Waals surface area contributed by atoms with Crippen molar-refractivity contribution < 1.29 is 23.4 Å². The average molecular weight is 494 g/mol. The first-order chi connectivity index (χ1) is 17.5. The van der Waals surface area contributed by atoms with Gasteiger partial charge in [0.15, 0.2) is 16.9 Å². The van der Waals surface area contributed by atoms with E-state index < -0.39 is 6.04 Å². The number of hydrogen-bond acceptors (Lipinski definition) is 6. The number of carbonyl (C=O) groups is 1. The Morgan fingerprint density at radius 3 is 2.53 bits per heavy atom. The van der Waals surface area contributed by atoms with Gasteiger partial charge in [-0.15, -0.1) is 0 Å². The summed E-state index contributed by atoms with van der Waals surface area (Å²) in [6.07, 6.45) is 1.58. The van der Waals surface area contributed by atoms with Crippen molar-refractivity contribution in [3.8, 4) is 11.5 Å². The van der Waals surface area contributed by atoms with Gasteiger partial charge in [0.2, 0.25) is 5.76 Å². The number of ether oxygens (including phenoxy) is 3. The lowest BCUT2D eigenvalue weighted by atomic mass is 9.98.